The van der Waals surface area contributed by atoms with Crippen LogP contribution in [0, 0.1) is 18.9 Å². The van der Waals surface area contributed by atoms with Gasteiger partial charge in [0.15, 0.2) is 6.04 Å². The number of halogens is 5. The summed E-state index contributed by atoms with van der Waals surface area (Å²) in [5.41, 5.74) is -1.29. The molecule has 4 rings (SSSR count). The second-order valence-corrected chi connectivity index (χ2v) is 12.2. The van der Waals surface area contributed by atoms with Crippen LogP contribution in [0.4, 0.5) is 20.2 Å². The van der Waals surface area contributed by atoms with E-state index in [-0.39, 0.29) is 27.7 Å². The van der Waals surface area contributed by atoms with Crippen LogP contribution in [0.1, 0.15) is 12.5 Å². The fraction of sp³-hybridized carbons (Fsp3) is 0.143. The van der Waals surface area contributed by atoms with Crippen molar-refractivity contribution in [3.05, 3.63) is 56.9 Å². The Kier molecular flexibility index (Phi) is 8.18. The molecule has 0 aliphatic carbocycles. The predicted molar refractivity (Wildman–Crippen MR) is 142 cm³/mol. The van der Waals surface area contributed by atoms with Crippen LogP contribution in [0.3, 0.4) is 0 Å². The van der Waals surface area contributed by atoms with Crippen LogP contribution in [0.15, 0.2) is 49.4 Å². The number of hydrazone groups is 1. The first kappa shape index (κ1) is 30.8. The summed E-state index contributed by atoms with van der Waals surface area (Å²) in [7, 11) is -9.68. The van der Waals surface area contributed by atoms with E-state index in [0.29, 0.717) is 0 Å². The first-order valence-electron chi connectivity index (χ1n) is 10.7. The summed E-state index contributed by atoms with van der Waals surface area (Å²) in [6.45, 7) is 2.79. The van der Waals surface area contributed by atoms with Crippen LogP contribution in [-0.2, 0) is 25.0 Å². The van der Waals surface area contributed by atoms with Crippen molar-refractivity contribution < 1.29 is 39.5 Å². The average molecular weight is 670 g/mol. The van der Waals surface area contributed by atoms with Gasteiger partial charge in [-0.15, -0.1) is 0 Å². The Morgan fingerprint density at radius 3 is 2.17 bits per heavy atom. The number of rotatable bonds is 6. The zero-order chi connectivity index (χ0) is 30.6. The van der Waals surface area contributed by atoms with Crippen LogP contribution in [0.2, 0.25) is 15.1 Å². The topological polar surface area (TPSA) is 192 Å². The number of aryl methyl sites for hydroxylation is 1. The third kappa shape index (κ3) is 6.06. The quantitative estimate of drug-likeness (QED) is 0.156. The van der Waals surface area contributed by atoms with Gasteiger partial charge in [-0.3, -0.25) is 13.9 Å². The summed E-state index contributed by atoms with van der Waals surface area (Å²) in [5, 5.41) is 11.2. The summed E-state index contributed by atoms with van der Waals surface area (Å²) in [4.78, 5) is 17.8. The van der Waals surface area contributed by atoms with Crippen molar-refractivity contribution in [2.24, 2.45) is 15.3 Å². The van der Waals surface area contributed by atoms with Gasteiger partial charge in [0.2, 0.25) is 5.95 Å². The maximum Gasteiger partial charge on any atom is 0.311 e. The van der Waals surface area contributed by atoms with Crippen LogP contribution >= 0.6 is 34.8 Å². The number of carbonyl (C=O) groups is 1. The molecule has 13 nitrogen and oxygen atoms in total. The molecule has 216 valence electrons. The van der Waals surface area contributed by atoms with Gasteiger partial charge in [-0.2, -0.15) is 50.9 Å². The fourth-order valence-electron chi connectivity index (χ4n) is 3.61. The monoisotopic (exact) mass is 668 g/mol. The van der Waals surface area contributed by atoms with Gasteiger partial charge in [0.25, 0.3) is 26.1 Å². The molecule has 0 saturated heterocycles. The number of benzene rings is 2. The van der Waals surface area contributed by atoms with Crippen molar-refractivity contribution in [1.29, 1.82) is 0 Å². The molecule has 2 heterocycles. The SMILES string of the molecule is CC1=NN(c2cc(Cl)c(S(=O)(=O)O)cc2Cl)C(=O)C1N=Nc1cc(-c2nc(F)nc(F)c2Cl)c(S(=O)(=O)O)cc1C. The van der Waals surface area contributed by atoms with Crippen molar-refractivity contribution in [1.82, 2.24) is 9.97 Å². The predicted octanol–water partition coefficient (Wildman–Crippen LogP) is 5.06. The van der Waals surface area contributed by atoms with E-state index in [2.05, 4.69) is 25.3 Å². The Balaban J connectivity index is 1.76. The summed E-state index contributed by atoms with van der Waals surface area (Å²) in [6, 6.07) is 2.37. The average Bonchev–Trinajstić information content (AvgIpc) is 3.13. The fourth-order valence-corrected chi connectivity index (χ4v) is 5.89. The zero-order valence-corrected chi connectivity index (χ0v) is 24.1. The summed E-state index contributed by atoms with van der Waals surface area (Å²) in [5.74, 6) is -2.30. The number of hydrogen-bond acceptors (Lipinski definition) is 10. The molecule has 2 N–H and O–H groups in total. The lowest BCUT2D eigenvalue weighted by molar-refractivity contribution is -0.117. The van der Waals surface area contributed by atoms with Crippen LogP contribution in [-0.4, -0.2) is 53.6 Å². The second-order valence-electron chi connectivity index (χ2n) is 8.27. The Labute approximate surface area is 245 Å². The molecule has 0 bridgehead atoms. The Morgan fingerprint density at radius 2 is 1.56 bits per heavy atom. The van der Waals surface area contributed by atoms with Gasteiger partial charge >= 0.3 is 6.08 Å². The molecule has 1 unspecified atom stereocenters. The van der Waals surface area contributed by atoms with E-state index in [9.17, 15) is 39.5 Å². The van der Waals surface area contributed by atoms with Crippen LogP contribution < -0.4 is 5.01 Å². The number of azo groups is 1. The highest BCUT2D eigenvalue weighted by atomic mass is 35.5. The Morgan fingerprint density at radius 1 is 0.927 bits per heavy atom. The summed E-state index contributed by atoms with van der Waals surface area (Å²) < 4.78 is 93.7. The lowest BCUT2D eigenvalue weighted by Gasteiger charge is -2.15. The molecule has 0 saturated carbocycles. The minimum atomic E-state index is -4.96. The maximum absolute atomic E-state index is 14.0. The molecule has 1 atom stereocenters. The van der Waals surface area contributed by atoms with Crippen LogP contribution in [0.5, 0.6) is 0 Å². The molecular formula is C21H13Cl3F2N6O7S2. The van der Waals surface area contributed by atoms with Crippen molar-refractivity contribution >= 4 is 78.0 Å². The first-order chi connectivity index (χ1) is 18.9. The molecule has 1 amide bonds. The number of nitrogens with zero attached hydrogens (tertiary/aromatic N) is 6. The Hall–Kier alpha value is -3.19. The maximum atomic E-state index is 14.0. The molecule has 2 aromatic carbocycles. The Bertz CT molecular complexity index is 1920. The molecule has 0 spiro atoms. The highest BCUT2D eigenvalue weighted by Crippen LogP contribution is 2.38. The molecule has 41 heavy (non-hydrogen) atoms. The normalized spacial score (nSPS) is 16.1. The molecule has 0 fully saturated rings. The highest BCUT2D eigenvalue weighted by molar-refractivity contribution is 7.86. The van der Waals surface area contributed by atoms with E-state index < -0.39 is 75.3 Å². The van der Waals surface area contributed by atoms with Gasteiger partial charge in [0, 0.05) is 5.56 Å². The van der Waals surface area contributed by atoms with Crippen molar-refractivity contribution in [3.63, 3.8) is 0 Å². The highest BCUT2D eigenvalue weighted by Gasteiger charge is 2.36. The molecule has 20 heteroatoms. The molecule has 1 aliphatic heterocycles. The molecule has 3 aromatic rings. The molecule has 1 aromatic heterocycles. The third-order valence-corrected chi connectivity index (χ3v) is 8.35. The van der Waals surface area contributed by atoms with Gasteiger partial charge in [-0.1, -0.05) is 34.8 Å². The second kappa shape index (κ2) is 10.9. The minimum Gasteiger partial charge on any atom is -0.282 e. The molecule has 0 radical (unpaired) electrons. The molecular weight excluding hydrogens is 657 g/mol. The summed E-state index contributed by atoms with van der Waals surface area (Å²) in [6.07, 6.45) is -1.57. The van der Waals surface area contributed by atoms with Crippen LogP contribution in [0.25, 0.3) is 11.3 Å². The molecule has 1 aliphatic rings. The first-order valence-corrected chi connectivity index (χ1v) is 14.7. The smallest absolute Gasteiger partial charge is 0.282 e. The van der Waals surface area contributed by atoms with Gasteiger partial charge in [0.1, 0.15) is 14.8 Å². The van der Waals surface area contributed by atoms with E-state index >= 15 is 0 Å². The summed E-state index contributed by atoms with van der Waals surface area (Å²) >= 11 is 17.9. The van der Waals surface area contributed by atoms with Gasteiger partial charge in [-0.05, 0) is 43.7 Å². The number of hydrogen-bond donors (Lipinski definition) is 2. The third-order valence-electron chi connectivity index (χ3n) is 5.50. The largest absolute Gasteiger partial charge is 0.311 e. The van der Waals surface area contributed by atoms with E-state index in [4.69, 9.17) is 34.8 Å². The number of aromatic nitrogens is 2. The van der Waals surface area contributed by atoms with E-state index in [1.807, 2.05) is 0 Å². The number of amides is 1. The number of carbonyl (C=O) groups excluding carboxylic acids is 1. The van der Waals surface area contributed by atoms with Crippen molar-refractivity contribution in [2.45, 2.75) is 29.7 Å². The zero-order valence-electron chi connectivity index (χ0n) is 20.2. The van der Waals surface area contributed by atoms with Crippen molar-refractivity contribution in [2.75, 3.05) is 5.01 Å². The van der Waals surface area contributed by atoms with E-state index in [1.54, 1.807) is 0 Å². The van der Waals surface area contributed by atoms with Gasteiger partial charge in [-0.25, -0.2) is 4.98 Å². The standard InChI is InChI=1S/C21H13Cl3F2N6O7S2/c1-7-3-14(40(34,35)36)9(18-16(24)19(25)28-21(26)27-18)4-12(7)29-30-17-8(2)31-32(20(17)33)13-5-11(23)15(6-10(13)22)41(37,38)39/h3-6,17H,1-2H3,(H,34,35,36)(H,37,38,39). The van der Waals surface area contributed by atoms with Gasteiger partial charge < -0.3 is 0 Å². The minimum absolute atomic E-state index is 0.0974. The lowest BCUT2D eigenvalue weighted by Crippen LogP contribution is -2.30. The van der Waals surface area contributed by atoms with E-state index in [1.165, 1.54) is 13.8 Å². The van der Waals surface area contributed by atoms with Gasteiger partial charge in [0.05, 0.1) is 32.8 Å². The number of anilines is 1. The van der Waals surface area contributed by atoms with E-state index in [0.717, 1.165) is 29.3 Å². The lowest BCUT2D eigenvalue weighted by atomic mass is 10.1. The van der Waals surface area contributed by atoms with Crippen molar-refractivity contribution in [3.8, 4) is 11.3 Å².